The second-order valence-electron chi connectivity index (χ2n) is 10.4. The third kappa shape index (κ3) is 5.38. The molecular weight excluding hydrogens is 515 g/mol. The van der Waals surface area contributed by atoms with Crippen LogP contribution >= 0.6 is 23.2 Å². The molecule has 1 saturated carbocycles. The molecule has 1 aromatic carbocycles. The lowest BCUT2D eigenvalue weighted by Gasteiger charge is -2.53. The van der Waals surface area contributed by atoms with E-state index < -0.39 is 23.4 Å². The van der Waals surface area contributed by atoms with Crippen molar-refractivity contribution in [3.63, 3.8) is 0 Å². The average molecular weight is 547 g/mol. The zero-order valence-electron chi connectivity index (χ0n) is 21.3. The first-order chi connectivity index (χ1) is 17.6. The number of nitrogens with one attached hydrogen (secondary N) is 1. The smallest absolute Gasteiger partial charge is 0.320 e. The van der Waals surface area contributed by atoms with E-state index in [0.717, 1.165) is 12.8 Å². The van der Waals surface area contributed by atoms with Crippen LogP contribution in [0.2, 0.25) is 10.0 Å². The molecule has 0 radical (unpaired) electrons. The number of benzene rings is 1. The van der Waals surface area contributed by atoms with Crippen LogP contribution in [0.3, 0.4) is 0 Å². The van der Waals surface area contributed by atoms with Gasteiger partial charge in [-0.2, -0.15) is 0 Å². The van der Waals surface area contributed by atoms with E-state index in [2.05, 4.69) is 11.2 Å². The molecule has 2 heterocycles. The second kappa shape index (κ2) is 11.1. The molecule has 0 bridgehead atoms. The van der Waals surface area contributed by atoms with Crippen molar-refractivity contribution in [1.82, 2.24) is 10.2 Å². The van der Waals surface area contributed by atoms with Gasteiger partial charge in [0.2, 0.25) is 11.8 Å². The topological polar surface area (TPSA) is 84.9 Å². The van der Waals surface area contributed by atoms with Crippen molar-refractivity contribution < 1.29 is 23.9 Å². The Morgan fingerprint density at radius 2 is 2.05 bits per heavy atom. The van der Waals surface area contributed by atoms with E-state index in [0.29, 0.717) is 21.3 Å². The van der Waals surface area contributed by atoms with Crippen LogP contribution in [0.1, 0.15) is 45.1 Å². The maximum absolute atomic E-state index is 14.0. The van der Waals surface area contributed by atoms with Crippen LogP contribution in [0, 0.1) is 35.5 Å². The van der Waals surface area contributed by atoms with Crippen LogP contribution in [0.5, 0.6) is 0 Å². The van der Waals surface area contributed by atoms with E-state index >= 15 is 0 Å². The highest BCUT2D eigenvalue weighted by atomic mass is 35.5. The Morgan fingerprint density at radius 1 is 1.32 bits per heavy atom. The Labute approximate surface area is 227 Å². The Hall–Kier alpha value is -2.53. The molecule has 3 aliphatic rings. The molecule has 9 heteroatoms. The van der Waals surface area contributed by atoms with Crippen molar-refractivity contribution in [3.8, 4) is 12.3 Å². The van der Waals surface area contributed by atoms with Gasteiger partial charge in [-0.05, 0) is 54.9 Å². The SMILES string of the molecule is C#CCNC(=O)C[C@H]1C[C@@]2(C(=O)OC)C(=C[C@H](C(C)C)O[C@@H]2C2CC2)N(Cc2ccc(Cl)cc2Cl)C1=O. The number of terminal acetylenes is 1. The number of amides is 2. The molecule has 1 saturated heterocycles. The van der Waals surface area contributed by atoms with Crippen molar-refractivity contribution in [1.29, 1.82) is 0 Å². The van der Waals surface area contributed by atoms with E-state index in [9.17, 15) is 14.4 Å². The molecule has 1 aliphatic carbocycles. The highest BCUT2D eigenvalue weighted by Crippen LogP contribution is 2.56. The van der Waals surface area contributed by atoms with Gasteiger partial charge in [-0.15, -0.1) is 6.42 Å². The predicted molar refractivity (Wildman–Crippen MR) is 140 cm³/mol. The summed E-state index contributed by atoms with van der Waals surface area (Å²) < 4.78 is 12.0. The minimum Gasteiger partial charge on any atom is -0.468 e. The van der Waals surface area contributed by atoms with Gasteiger partial charge in [-0.1, -0.05) is 49.0 Å². The molecule has 0 spiro atoms. The van der Waals surface area contributed by atoms with Crippen molar-refractivity contribution in [2.75, 3.05) is 13.7 Å². The number of likely N-dealkylation sites (tertiary alicyclic amines) is 1. The maximum Gasteiger partial charge on any atom is 0.320 e. The molecule has 4 rings (SSSR count). The monoisotopic (exact) mass is 546 g/mol. The van der Waals surface area contributed by atoms with Crippen LogP contribution in [-0.2, 0) is 30.4 Å². The summed E-state index contributed by atoms with van der Waals surface area (Å²) in [6.07, 6.45) is 8.26. The van der Waals surface area contributed by atoms with Crippen molar-refractivity contribution in [2.45, 2.75) is 58.3 Å². The molecule has 1 N–H and O–H groups in total. The number of piperidine rings is 1. The highest BCUT2D eigenvalue weighted by molar-refractivity contribution is 6.35. The number of fused-ring (bicyclic) bond motifs is 1. The summed E-state index contributed by atoms with van der Waals surface area (Å²) in [5, 5.41) is 3.52. The van der Waals surface area contributed by atoms with E-state index in [1.54, 1.807) is 23.1 Å². The molecule has 37 heavy (non-hydrogen) atoms. The first-order valence-corrected chi connectivity index (χ1v) is 13.3. The van der Waals surface area contributed by atoms with Crippen molar-refractivity contribution in [3.05, 3.63) is 45.6 Å². The summed E-state index contributed by atoms with van der Waals surface area (Å²) in [6.45, 7) is 4.26. The van der Waals surface area contributed by atoms with Gasteiger partial charge in [-0.25, -0.2) is 0 Å². The molecular formula is C28H32Cl2N2O5. The quantitative estimate of drug-likeness (QED) is 0.386. The number of ether oxygens (including phenoxy) is 2. The molecule has 4 atom stereocenters. The Morgan fingerprint density at radius 3 is 2.65 bits per heavy atom. The summed E-state index contributed by atoms with van der Waals surface area (Å²) in [5.74, 6) is 0.794. The van der Waals surface area contributed by atoms with E-state index in [1.807, 2.05) is 19.9 Å². The van der Waals surface area contributed by atoms with Gasteiger partial charge in [0.05, 0.1) is 32.4 Å². The van der Waals surface area contributed by atoms with E-state index in [-0.39, 0.29) is 55.7 Å². The van der Waals surface area contributed by atoms with Gasteiger partial charge in [-0.3, -0.25) is 14.4 Å². The highest BCUT2D eigenvalue weighted by Gasteiger charge is 2.63. The van der Waals surface area contributed by atoms with Gasteiger partial charge in [0.1, 0.15) is 5.41 Å². The zero-order valence-corrected chi connectivity index (χ0v) is 22.8. The van der Waals surface area contributed by atoms with Crippen LogP contribution in [0.25, 0.3) is 0 Å². The predicted octanol–water partition coefficient (Wildman–Crippen LogP) is 4.36. The third-order valence-corrected chi connectivity index (χ3v) is 8.05. The van der Waals surface area contributed by atoms with Crippen molar-refractivity contribution >= 4 is 41.0 Å². The summed E-state index contributed by atoms with van der Waals surface area (Å²) in [6, 6.07) is 5.09. The molecule has 7 nitrogen and oxygen atoms in total. The van der Waals surface area contributed by atoms with Crippen LogP contribution in [0.4, 0.5) is 0 Å². The summed E-state index contributed by atoms with van der Waals surface area (Å²) >= 11 is 12.6. The lowest BCUT2D eigenvalue weighted by atomic mass is 9.64. The number of hydrogen-bond acceptors (Lipinski definition) is 5. The Kier molecular flexibility index (Phi) is 8.23. The van der Waals surface area contributed by atoms with E-state index in [1.165, 1.54) is 7.11 Å². The number of methoxy groups -OCH3 is 1. The summed E-state index contributed by atoms with van der Waals surface area (Å²) in [4.78, 5) is 42.0. The number of carbonyl (C=O) groups is 3. The lowest BCUT2D eigenvalue weighted by Crippen LogP contribution is -2.61. The first kappa shape index (κ1) is 27.5. The molecule has 0 aromatic heterocycles. The van der Waals surface area contributed by atoms with Crippen molar-refractivity contribution in [2.24, 2.45) is 23.2 Å². The first-order valence-electron chi connectivity index (χ1n) is 12.5. The Balaban J connectivity index is 1.84. The van der Waals surface area contributed by atoms with Gasteiger partial charge in [0.25, 0.3) is 0 Å². The van der Waals surface area contributed by atoms with Crippen LogP contribution in [0.15, 0.2) is 30.0 Å². The third-order valence-electron chi connectivity index (χ3n) is 7.46. The minimum atomic E-state index is -1.23. The molecule has 1 aromatic rings. The fraction of sp³-hybridized carbons (Fsp3) is 0.536. The molecule has 2 fully saturated rings. The minimum absolute atomic E-state index is 0.0566. The lowest BCUT2D eigenvalue weighted by molar-refractivity contribution is -0.182. The summed E-state index contributed by atoms with van der Waals surface area (Å²) in [7, 11) is 1.35. The average Bonchev–Trinajstić information content (AvgIpc) is 3.70. The summed E-state index contributed by atoms with van der Waals surface area (Å²) in [5.41, 5.74) is 0.00938. The fourth-order valence-corrected chi connectivity index (χ4v) is 5.95. The number of nitrogens with zero attached hydrogens (tertiary/aromatic N) is 1. The van der Waals surface area contributed by atoms with Gasteiger partial charge < -0.3 is 19.7 Å². The number of carbonyl (C=O) groups excluding carboxylic acids is 3. The number of halogens is 2. The fourth-order valence-electron chi connectivity index (χ4n) is 5.48. The number of hydrogen-bond donors (Lipinski definition) is 1. The standard InChI is InChI=1S/C28H32Cl2N2O5/c1-5-10-31-24(33)11-19-14-28(27(35)36-4)23(13-22(16(2)3)37-25(28)17-6-7-17)32(26(19)34)15-18-8-9-20(29)12-21(18)30/h1,8-9,12-13,16-17,19,22,25H,6-7,10-11,14-15H2,2-4H3,(H,31,33)/t19-,22+,25+,28+/m0/s1. The molecule has 2 aliphatic heterocycles. The molecule has 0 unspecified atom stereocenters. The maximum atomic E-state index is 14.0. The second-order valence-corrected chi connectivity index (χ2v) is 11.2. The van der Waals surface area contributed by atoms with Crippen LogP contribution < -0.4 is 5.32 Å². The zero-order chi connectivity index (χ0) is 26.9. The number of rotatable bonds is 8. The Bertz CT molecular complexity index is 1160. The van der Waals surface area contributed by atoms with Gasteiger partial charge >= 0.3 is 5.97 Å². The molecule has 198 valence electrons. The largest absolute Gasteiger partial charge is 0.468 e. The molecule has 2 amide bonds. The number of esters is 1. The van der Waals surface area contributed by atoms with Crippen LogP contribution in [-0.4, -0.2) is 48.5 Å². The van der Waals surface area contributed by atoms with Gasteiger partial charge in [0.15, 0.2) is 0 Å². The van der Waals surface area contributed by atoms with Gasteiger partial charge in [0, 0.05) is 28.1 Å². The normalized spacial score (nSPS) is 27.3. The van der Waals surface area contributed by atoms with E-state index in [4.69, 9.17) is 39.1 Å².